The third kappa shape index (κ3) is 3.77. The molecule has 0 fully saturated rings. The van der Waals surface area contributed by atoms with Gasteiger partial charge in [-0.3, -0.25) is 0 Å². The second-order valence-corrected chi connectivity index (χ2v) is 6.70. The molecular formula is C23H22N2O2. The van der Waals surface area contributed by atoms with Crippen molar-refractivity contribution in [3.63, 3.8) is 0 Å². The number of aromatic nitrogens is 2. The molecule has 4 nitrogen and oxygen atoms in total. The highest BCUT2D eigenvalue weighted by Crippen LogP contribution is 2.22. The molecule has 1 atom stereocenters. The fourth-order valence-electron chi connectivity index (χ4n) is 3.36. The summed E-state index contributed by atoms with van der Waals surface area (Å²) in [4.78, 5) is 4.75. The molecule has 27 heavy (non-hydrogen) atoms. The van der Waals surface area contributed by atoms with Crippen molar-refractivity contribution in [1.29, 1.82) is 0 Å². The van der Waals surface area contributed by atoms with Crippen LogP contribution in [0.2, 0.25) is 0 Å². The Morgan fingerprint density at radius 2 is 1.48 bits per heavy atom. The Bertz CT molecular complexity index is 1020. The smallest absolute Gasteiger partial charge is 0.114 e. The van der Waals surface area contributed by atoms with E-state index >= 15 is 0 Å². The summed E-state index contributed by atoms with van der Waals surface area (Å²) >= 11 is 0. The molecule has 2 N–H and O–H groups in total. The number of hydrogen-bond donors (Lipinski definition) is 2. The van der Waals surface area contributed by atoms with E-state index < -0.39 is 6.10 Å². The van der Waals surface area contributed by atoms with Crippen molar-refractivity contribution in [1.82, 2.24) is 9.55 Å². The van der Waals surface area contributed by atoms with Gasteiger partial charge in [0.1, 0.15) is 5.82 Å². The molecule has 1 aromatic heterocycles. The highest BCUT2D eigenvalue weighted by molar-refractivity contribution is 5.76. The van der Waals surface area contributed by atoms with E-state index in [-0.39, 0.29) is 6.61 Å². The Balaban J connectivity index is 1.64. The molecule has 0 spiro atoms. The van der Waals surface area contributed by atoms with Gasteiger partial charge in [0.25, 0.3) is 0 Å². The van der Waals surface area contributed by atoms with Crippen LogP contribution in [-0.4, -0.2) is 32.5 Å². The molecule has 0 radical (unpaired) electrons. The van der Waals surface area contributed by atoms with Crippen LogP contribution >= 0.6 is 0 Å². The first-order valence-corrected chi connectivity index (χ1v) is 9.12. The normalized spacial score (nSPS) is 12.4. The first-order valence-electron chi connectivity index (χ1n) is 9.12. The van der Waals surface area contributed by atoms with E-state index in [0.717, 1.165) is 22.4 Å². The molecule has 0 saturated heterocycles. The van der Waals surface area contributed by atoms with Gasteiger partial charge >= 0.3 is 0 Å². The Morgan fingerprint density at radius 1 is 0.815 bits per heavy atom. The fourth-order valence-corrected chi connectivity index (χ4v) is 3.36. The second kappa shape index (κ2) is 7.74. The zero-order chi connectivity index (χ0) is 18.6. The zero-order valence-electron chi connectivity index (χ0n) is 15.0. The van der Waals surface area contributed by atoms with Crippen LogP contribution in [0.25, 0.3) is 22.2 Å². The maximum absolute atomic E-state index is 9.94. The zero-order valence-corrected chi connectivity index (χ0v) is 15.0. The van der Waals surface area contributed by atoms with E-state index in [0.29, 0.717) is 13.0 Å². The molecule has 0 aliphatic carbocycles. The Morgan fingerprint density at radius 3 is 2.22 bits per heavy atom. The van der Waals surface area contributed by atoms with E-state index in [1.165, 1.54) is 11.1 Å². The van der Waals surface area contributed by atoms with Gasteiger partial charge in [0.2, 0.25) is 0 Å². The van der Waals surface area contributed by atoms with Crippen LogP contribution < -0.4 is 0 Å². The lowest BCUT2D eigenvalue weighted by Crippen LogP contribution is -2.21. The van der Waals surface area contributed by atoms with Gasteiger partial charge in [-0.1, -0.05) is 66.7 Å². The van der Waals surface area contributed by atoms with Gasteiger partial charge in [-0.05, 0) is 28.8 Å². The molecular weight excluding hydrogens is 336 g/mol. The number of aliphatic hydroxyl groups is 2. The minimum Gasteiger partial charge on any atom is -0.394 e. The molecule has 0 unspecified atom stereocenters. The van der Waals surface area contributed by atoms with E-state index in [4.69, 9.17) is 4.98 Å². The van der Waals surface area contributed by atoms with E-state index in [2.05, 4.69) is 36.4 Å². The van der Waals surface area contributed by atoms with Crippen molar-refractivity contribution in [2.24, 2.45) is 0 Å². The summed E-state index contributed by atoms with van der Waals surface area (Å²) < 4.78 is 2.00. The number of benzene rings is 3. The summed E-state index contributed by atoms with van der Waals surface area (Å²) in [5.74, 6) is 0.885. The van der Waals surface area contributed by atoms with Crippen molar-refractivity contribution < 1.29 is 10.2 Å². The summed E-state index contributed by atoms with van der Waals surface area (Å²) in [5.41, 5.74) is 5.41. The summed E-state index contributed by atoms with van der Waals surface area (Å²) in [6.45, 7) is 0.0617. The number of aliphatic hydroxyl groups excluding tert-OH is 2. The van der Waals surface area contributed by atoms with Crippen molar-refractivity contribution in [2.75, 3.05) is 6.61 Å². The second-order valence-electron chi connectivity index (χ2n) is 6.70. The summed E-state index contributed by atoms with van der Waals surface area (Å²) in [6, 6.07) is 26.7. The van der Waals surface area contributed by atoms with Gasteiger partial charge in [-0.25, -0.2) is 4.98 Å². The number of imidazole rings is 1. The van der Waals surface area contributed by atoms with Crippen molar-refractivity contribution in [2.45, 2.75) is 19.1 Å². The molecule has 0 aliphatic heterocycles. The maximum atomic E-state index is 9.94. The molecule has 4 heteroatoms. The molecule has 3 aromatic carbocycles. The predicted molar refractivity (Wildman–Crippen MR) is 108 cm³/mol. The SMILES string of the molecule is OC[C@H](O)Cn1c(Cc2ccc(-c3ccccc3)cc2)nc2ccccc21. The molecule has 0 amide bonds. The number of nitrogens with zero attached hydrogens (tertiary/aromatic N) is 2. The lowest BCUT2D eigenvalue weighted by molar-refractivity contribution is 0.0815. The number of rotatable bonds is 6. The lowest BCUT2D eigenvalue weighted by atomic mass is 10.0. The average molecular weight is 358 g/mol. The molecule has 0 aliphatic rings. The molecule has 1 heterocycles. The van der Waals surface area contributed by atoms with Gasteiger partial charge in [0.15, 0.2) is 0 Å². The van der Waals surface area contributed by atoms with Gasteiger partial charge < -0.3 is 14.8 Å². The van der Waals surface area contributed by atoms with Gasteiger partial charge in [-0.2, -0.15) is 0 Å². The quantitative estimate of drug-likeness (QED) is 0.553. The summed E-state index contributed by atoms with van der Waals surface area (Å²) in [5, 5.41) is 19.2. The summed E-state index contributed by atoms with van der Waals surface area (Å²) in [6.07, 6.45) is -0.135. The van der Waals surface area contributed by atoms with Crippen LogP contribution in [0, 0.1) is 0 Å². The highest BCUT2D eigenvalue weighted by atomic mass is 16.3. The minimum absolute atomic E-state index is 0.266. The Kier molecular flexibility index (Phi) is 5.01. The third-order valence-corrected chi connectivity index (χ3v) is 4.76. The molecule has 0 saturated carbocycles. The molecule has 4 rings (SSSR count). The van der Waals surface area contributed by atoms with Crippen LogP contribution in [0.5, 0.6) is 0 Å². The van der Waals surface area contributed by atoms with E-state index in [1.807, 2.05) is 47.0 Å². The largest absolute Gasteiger partial charge is 0.394 e. The molecule has 0 bridgehead atoms. The van der Waals surface area contributed by atoms with Crippen LogP contribution in [0.3, 0.4) is 0 Å². The van der Waals surface area contributed by atoms with Crippen LogP contribution in [0.4, 0.5) is 0 Å². The van der Waals surface area contributed by atoms with E-state index in [1.54, 1.807) is 0 Å². The molecule has 4 aromatic rings. The predicted octanol–water partition coefficient (Wildman–Crippen LogP) is 3.65. The third-order valence-electron chi connectivity index (χ3n) is 4.76. The first kappa shape index (κ1) is 17.5. The number of hydrogen-bond acceptors (Lipinski definition) is 3. The standard InChI is InChI=1S/C23H22N2O2/c26-16-20(27)15-25-22-9-5-4-8-21(22)24-23(25)14-17-10-12-19(13-11-17)18-6-2-1-3-7-18/h1-13,20,26-27H,14-16H2/t20-/m1/s1. The number of para-hydroxylation sites is 2. The Labute approximate surface area is 158 Å². The number of fused-ring (bicyclic) bond motifs is 1. The minimum atomic E-state index is -0.804. The first-order chi connectivity index (χ1) is 13.2. The van der Waals surface area contributed by atoms with Gasteiger partial charge in [0.05, 0.1) is 30.3 Å². The monoisotopic (exact) mass is 358 g/mol. The Hall–Kier alpha value is -2.95. The van der Waals surface area contributed by atoms with Gasteiger partial charge in [0, 0.05) is 6.42 Å². The van der Waals surface area contributed by atoms with Crippen molar-refractivity contribution in [3.05, 3.63) is 90.3 Å². The maximum Gasteiger partial charge on any atom is 0.114 e. The van der Waals surface area contributed by atoms with Crippen molar-refractivity contribution >= 4 is 11.0 Å². The van der Waals surface area contributed by atoms with E-state index in [9.17, 15) is 10.2 Å². The van der Waals surface area contributed by atoms with Crippen LogP contribution in [0.15, 0.2) is 78.9 Å². The molecule has 136 valence electrons. The van der Waals surface area contributed by atoms with Crippen molar-refractivity contribution in [3.8, 4) is 11.1 Å². The average Bonchev–Trinajstić information content (AvgIpc) is 3.06. The fraction of sp³-hybridized carbons (Fsp3) is 0.174. The topological polar surface area (TPSA) is 58.3 Å². The van der Waals surface area contributed by atoms with Crippen LogP contribution in [0.1, 0.15) is 11.4 Å². The lowest BCUT2D eigenvalue weighted by Gasteiger charge is -2.13. The summed E-state index contributed by atoms with van der Waals surface area (Å²) in [7, 11) is 0. The van der Waals surface area contributed by atoms with Crippen LogP contribution in [-0.2, 0) is 13.0 Å². The van der Waals surface area contributed by atoms with Gasteiger partial charge in [-0.15, -0.1) is 0 Å². The highest BCUT2D eigenvalue weighted by Gasteiger charge is 2.14.